The fourth-order valence-corrected chi connectivity index (χ4v) is 5.73. The van der Waals surface area contributed by atoms with E-state index in [-0.39, 0.29) is 36.3 Å². The number of ether oxygens (including phenoxy) is 3. The van der Waals surface area contributed by atoms with Crippen molar-refractivity contribution < 1.29 is 32.2 Å². The summed E-state index contributed by atoms with van der Waals surface area (Å²) in [7, 11) is 3.49. The van der Waals surface area contributed by atoms with Gasteiger partial charge in [-0.15, -0.1) is 0 Å². The minimum Gasteiger partial charge on any atom is -0.495 e. The summed E-state index contributed by atoms with van der Waals surface area (Å²) in [5.74, 6) is -0.620. The van der Waals surface area contributed by atoms with Gasteiger partial charge < -0.3 is 29.7 Å². The lowest BCUT2D eigenvalue weighted by Crippen LogP contribution is -2.43. The number of amides is 1. The van der Waals surface area contributed by atoms with Crippen molar-refractivity contribution in [3.05, 3.63) is 70.9 Å². The molecule has 3 heterocycles. The van der Waals surface area contributed by atoms with E-state index in [9.17, 15) is 18.0 Å². The second-order valence-corrected chi connectivity index (χ2v) is 11.5. The molecule has 4 atom stereocenters. The number of halogens is 3. The molecule has 10 nitrogen and oxygen atoms in total. The summed E-state index contributed by atoms with van der Waals surface area (Å²) in [4.78, 5) is 23.2. The van der Waals surface area contributed by atoms with Crippen molar-refractivity contribution in [3.63, 3.8) is 0 Å². The molecule has 3 N–H and O–H groups in total. The number of epoxide rings is 1. The summed E-state index contributed by atoms with van der Waals surface area (Å²) in [6.45, 7) is 3.74. The van der Waals surface area contributed by atoms with Gasteiger partial charge in [0.2, 0.25) is 11.8 Å². The zero-order valence-corrected chi connectivity index (χ0v) is 24.6. The van der Waals surface area contributed by atoms with Crippen molar-refractivity contribution in [2.24, 2.45) is 0 Å². The third-order valence-corrected chi connectivity index (χ3v) is 8.32. The molecule has 234 valence electrons. The second kappa shape index (κ2) is 12.2. The molecule has 2 fully saturated rings. The number of carbonyl (C=O) groups is 1. The van der Waals surface area contributed by atoms with E-state index in [2.05, 4.69) is 37.9 Å². The Morgan fingerprint density at radius 2 is 1.89 bits per heavy atom. The van der Waals surface area contributed by atoms with E-state index in [1.165, 1.54) is 7.11 Å². The molecule has 0 radical (unpaired) electrons. The van der Waals surface area contributed by atoms with Crippen LogP contribution in [0.5, 0.6) is 11.6 Å². The van der Waals surface area contributed by atoms with Crippen molar-refractivity contribution in [2.75, 3.05) is 32.6 Å². The summed E-state index contributed by atoms with van der Waals surface area (Å²) in [6, 6.07) is 12.1. The first kappa shape index (κ1) is 30.1. The Balaban J connectivity index is 1.22. The van der Waals surface area contributed by atoms with Crippen LogP contribution >= 0.6 is 0 Å². The maximum atomic E-state index is 14.1. The first-order valence-electron chi connectivity index (χ1n) is 14.6. The van der Waals surface area contributed by atoms with E-state index < -0.39 is 23.7 Å². The highest BCUT2D eigenvalue weighted by molar-refractivity contribution is 5.95. The number of aromatic nitrogens is 2. The molecule has 1 amide bonds. The number of fused-ring (bicyclic) bond motifs is 1. The molecule has 2 aromatic carbocycles. The average Bonchev–Trinajstić information content (AvgIpc) is 3.59. The van der Waals surface area contributed by atoms with Gasteiger partial charge >= 0.3 is 6.18 Å². The zero-order chi connectivity index (χ0) is 31.0. The molecule has 44 heavy (non-hydrogen) atoms. The minimum absolute atomic E-state index is 0.00530. The molecule has 0 spiro atoms. The van der Waals surface area contributed by atoms with Crippen molar-refractivity contribution in [1.29, 1.82) is 0 Å². The maximum Gasteiger partial charge on any atom is 0.423 e. The van der Waals surface area contributed by atoms with E-state index in [1.54, 1.807) is 18.2 Å². The molecule has 1 aromatic heterocycles. The van der Waals surface area contributed by atoms with Crippen LogP contribution in [0.25, 0.3) is 0 Å². The second-order valence-electron chi connectivity index (χ2n) is 11.5. The fraction of sp³-hybridized carbons (Fsp3) is 0.452. The summed E-state index contributed by atoms with van der Waals surface area (Å²) in [5.41, 5.74) is 1.63. The monoisotopic (exact) mass is 612 g/mol. The fourth-order valence-electron chi connectivity index (χ4n) is 5.73. The van der Waals surface area contributed by atoms with Gasteiger partial charge in [-0.3, -0.25) is 10.1 Å². The number of likely N-dealkylation sites (tertiary alicyclic amines) is 1. The van der Waals surface area contributed by atoms with Crippen LogP contribution in [0.3, 0.4) is 0 Å². The Bertz CT molecular complexity index is 1510. The molecule has 2 unspecified atom stereocenters. The highest BCUT2D eigenvalue weighted by Gasteiger charge is 2.44. The number of carbonyl (C=O) groups excluding carboxylic acids is 1. The Hall–Kier alpha value is -3.94. The van der Waals surface area contributed by atoms with Gasteiger partial charge in [-0.25, -0.2) is 4.98 Å². The van der Waals surface area contributed by atoms with E-state index in [0.717, 1.165) is 37.1 Å². The number of benzene rings is 2. The van der Waals surface area contributed by atoms with Crippen LogP contribution < -0.4 is 25.4 Å². The van der Waals surface area contributed by atoms with Crippen molar-refractivity contribution in [2.45, 2.75) is 62.9 Å². The maximum absolute atomic E-state index is 14.1. The molecular weight excluding hydrogens is 577 g/mol. The molecule has 1 aliphatic carbocycles. The number of piperidine rings is 1. The van der Waals surface area contributed by atoms with E-state index in [4.69, 9.17) is 14.2 Å². The van der Waals surface area contributed by atoms with Crippen LogP contribution in [0.15, 0.2) is 48.7 Å². The highest BCUT2D eigenvalue weighted by atomic mass is 19.4. The van der Waals surface area contributed by atoms with Crippen LogP contribution in [-0.2, 0) is 17.3 Å². The molecule has 2 saturated heterocycles. The summed E-state index contributed by atoms with van der Waals surface area (Å²) in [6.07, 6.45) is -2.76. The largest absolute Gasteiger partial charge is 0.495 e. The lowest BCUT2D eigenvalue weighted by Gasteiger charge is -2.29. The number of nitrogens with one attached hydrogen (secondary N) is 3. The normalized spacial score (nSPS) is 23.6. The number of alkyl halides is 3. The van der Waals surface area contributed by atoms with Gasteiger partial charge in [-0.05, 0) is 69.2 Å². The van der Waals surface area contributed by atoms with Gasteiger partial charge in [-0.2, -0.15) is 18.2 Å². The minimum atomic E-state index is -4.74. The van der Waals surface area contributed by atoms with E-state index in [1.807, 2.05) is 31.2 Å². The van der Waals surface area contributed by atoms with E-state index in [0.29, 0.717) is 29.6 Å². The Morgan fingerprint density at radius 3 is 2.59 bits per heavy atom. The molecule has 0 saturated carbocycles. The van der Waals surface area contributed by atoms with Crippen molar-refractivity contribution in [1.82, 2.24) is 25.5 Å². The quantitative estimate of drug-likeness (QED) is 0.302. The molecule has 0 bridgehead atoms. The Morgan fingerprint density at radius 1 is 1.14 bits per heavy atom. The molecule has 3 aliphatic rings. The summed E-state index contributed by atoms with van der Waals surface area (Å²) >= 11 is 0. The van der Waals surface area contributed by atoms with Crippen LogP contribution in [-0.4, -0.2) is 72.5 Å². The van der Waals surface area contributed by atoms with Crippen LogP contribution in [0.2, 0.25) is 0 Å². The van der Waals surface area contributed by atoms with Crippen molar-refractivity contribution in [3.8, 4) is 11.6 Å². The average molecular weight is 613 g/mol. The molecule has 13 heteroatoms. The number of hydrogen-bond donors (Lipinski definition) is 3. The Labute approximate surface area is 253 Å². The topological polar surface area (TPSA) is 113 Å². The van der Waals surface area contributed by atoms with Crippen LogP contribution in [0, 0.1) is 0 Å². The first-order chi connectivity index (χ1) is 21.1. The smallest absolute Gasteiger partial charge is 0.423 e. The number of hydrogen-bond acceptors (Lipinski definition) is 9. The highest BCUT2D eigenvalue weighted by Crippen LogP contribution is 2.40. The third-order valence-electron chi connectivity index (χ3n) is 8.32. The SMILES string of the molecule is COc1cc(C(=O)NC2CCN(C)CC2)ccc1Nc1ncc(C(F)(F)F)c(O[C@@H]2Cc3ccccc3[C@H]2NC2OC2C)n1. The van der Waals surface area contributed by atoms with Crippen LogP contribution in [0.1, 0.15) is 52.9 Å². The number of rotatable bonds is 9. The van der Waals surface area contributed by atoms with Crippen LogP contribution in [0.4, 0.5) is 24.8 Å². The van der Waals surface area contributed by atoms with Gasteiger partial charge in [0.1, 0.15) is 23.6 Å². The predicted octanol–water partition coefficient (Wildman–Crippen LogP) is 4.45. The van der Waals surface area contributed by atoms with Gasteiger partial charge in [-0.1, -0.05) is 24.3 Å². The van der Waals surface area contributed by atoms with Gasteiger partial charge in [0.25, 0.3) is 5.91 Å². The molecule has 3 aromatic rings. The standard InChI is InChI=1S/C31H35F3N6O4/c1-17-28(43-17)38-26-21-7-5-4-6-18(21)14-25(26)44-29-22(31(32,33)34)16-35-30(39-29)37-23-9-8-19(15-24(23)42-3)27(41)36-20-10-12-40(2)13-11-20/h4-9,15-17,20,25-26,28,38H,10-14H2,1-3H3,(H,36,41)(H,35,37,39)/t17?,25-,26-,28?/m1/s1. The summed E-state index contributed by atoms with van der Waals surface area (Å²) < 4.78 is 59.2. The zero-order valence-electron chi connectivity index (χ0n) is 24.6. The number of nitrogens with zero attached hydrogens (tertiary/aromatic N) is 3. The number of anilines is 2. The lowest BCUT2D eigenvalue weighted by atomic mass is 10.0. The van der Waals surface area contributed by atoms with Crippen molar-refractivity contribution >= 4 is 17.5 Å². The van der Waals surface area contributed by atoms with Gasteiger partial charge in [0.15, 0.2) is 0 Å². The third kappa shape index (κ3) is 6.59. The molecule has 2 aliphatic heterocycles. The van der Waals surface area contributed by atoms with Gasteiger partial charge in [0.05, 0.1) is 24.9 Å². The lowest BCUT2D eigenvalue weighted by molar-refractivity contribution is -0.140. The summed E-state index contributed by atoms with van der Waals surface area (Å²) in [5, 5.41) is 9.35. The Kier molecular flexibility index (Phi) is 8.36. The molecular formula is C31H35F3N6O4. The number of methoxy groups -OCH3 is 1. The van der Waals surface area contributed by atoms with Gasteiger partial charge in [0, 0.05) is 24.2 Å². The first-order valence-corrected chi connectivity index (χ1v) is 14.6. The molecule has 6 rings (SSSR count). The van der Waals surface area contributed by atoms with E-state index >= 15 is 0 Å². The predicted molar refractivity (Wildman–Crippen MR) is 156 cm³/mol.